The number of hydrogen-bond acceptors (Lipinski definition) is 5. The Hall–Kier alpha value is -1.70. The molecular formula is C12H14ClN3O4. The SMILES string of the molecule is CC1(OCC(=O)Nc2ccc(Cl)cc2[N+](=O)[O-])CNC1. The van der Waals surface area contributed by atoms with Crippen LogP contribution in [-0.4, -0.2) is 36.1 Å². The number of carbonyl (C=O) groups excluding carboxylic acids is 1. The number of rotatable bonds is 5. The van der Waals surface area contributed by atoms with E-state index in [2.05, 4.69) is 10.6 Å². The number of carbonyl (C=O) groups is 1. The van der Waals surface area contributed by atoms with Gasteiger partial charge in [-0.3, -0.25) is 14.9 Å². The van der Waals surface area contributed by atoms with Crippen molar-refractivity contribution in [1.82, 2.24) is 5.32 Å². The molecule has 1 amide bonds. The Balaban J connectivity index is 1.98. The molecular weight excluding hydrogens is 286 g/mol. The maximum Gasteiger partial charge on any atom is 0.294 e. The average Bonchev–Trinajstić information content (AvgIpc) is 2.36. The maximum absolute atomic E-state index is 11.7. The fourth-order valence-electron chi connectivity index (χ4n) is 1.77. The summed E-state index contributed by atoms with van der Waals surface area (Å²) in [6, 6.07) is 4.06. The Morgan fingerprint density at radius 2 is 2.30 bits per heavy atom. The van der Waals surface area contributed by atoms with Crippen molar-refractivity contribution < 1.29 is 14.5 Å². The Bertz CT molecular complexity index is 546. The molecule has 0 radical (unpaired) electrons. The zero-order chi connectivity index (χ0) is 14.8. The van der Waals surface area contributed by atoms with E-state index in [4.69, 9.17) is 16.3 Å². The summed E-state index contributed by atoms with van der Waals surface area (Å²) < 4.78 is 5.45. The molecule has 0 saturated carbocycles. The fourth-order valence-corrected chi connectivity index (χ4v) is 1.93. The first-order chi connectivity index (χ1) is 9.39. The van der Waals surface area contributed by atoms with Crippen LogP contribution in [0.1, 0.15) is 6.92 Å². The van der Waals surface area contributed by atoms with Crippen LogP contribution in [0.5, 0.6) is 0 Å². The molecule has 2 N–H and O–H groups in total. The fraction of sp³-hybridized carbons (Fsp3) is 0.417. The average molecular weight is 300 g/mol. The predicted molar refractivity (Wildman–Crippen MR) is 74.0 cm³/mol. The molecule has 0 aliphatic carbocycles. The van der Waals surface area contributed by atoms with Gasteiger partial charge < -0.3 is 15.4 Å². The van der Waals surface area contributed by atoms with Crippen molar-refractivity contribution in [3.8, 4) is 0 Å². The first kappa shape index (κ1) is 14.7. The van der Waals surface area contributed by atoms with E-state index in [0.717, 1.165) is 0 Å². The number of nitro benzene ring substituents is 1. The molecule has 1 fully saturated rings. The second-order valence-electron chi connectivity index (χ2n) is 4.81. The highest BCUT2D eigenvalue weighted by Gasteiger charge is 2.33. The molecule has 0 atom stereocenters. The molecule has 1 aromatic carbocycles. The number of nitrogens with zero attached hydrogens (tertiary/aromatic N) is 1. The molecule has 8 heteroatoms. The summed E-state index contributed by atoms with van der Waals surface area (Å²) in [5.41, 5.74) is -0.490. The van der Waals surface area contributed by atoms with Gasteiger partial charge in [-0.1, -0.05) is 11.6 Å². The van der Waals surface area contributed by atoms with Gasteiger partial charge in [0.1, 0.15) is 12.3 Å². The van der Waals surface area contributed by atoms with Crippen LogP contribution < -0.4 is 10.6 Å². The van der Waals surface area contributed by atoms with Crippen molar-refractivity contribution >= 4 is 28.9 Å². The van der Waals surface area contributed by atoms with Gasteiger partial charge in [-0.15, -0.1) is 0 Å². The van der Waals surface area contributed by atoms with E-state index in [-0.39, 0.29) is 28.6 Å². The minimum absolute atomic E-state index is 0.102. The highest BCUT2D eigenvalue weighted by molar-refractivity contribution is 6.31. The number of benzene rings is 1. The molecule has 1 aliphatic rings. The van der Waals surface area contributed by atoms with Gasteiger partial charge in [0.05, 0.1) is 10.5 Å². The smallest absolute Gasteiger partial charge is 0.294 e. The van der Waals surface area contributed by atoms with Gasteiger partial charge in [-0.05, 0) is 19.1 Å². The molecule has 1 aromatic rings. The molecule has 2 rings (SSSR count). The largest absolute Gasteiger partial charge is 0.363 e. The van der Waals surface area contributed by atoms with Crippen LogP contribution in [0, 0.1) is 10.1 Å². The van der Waals surface area contributed by atoms with Gasteiger partial charge in [0, 0.05) is 24.2 Å². The third-order valence-corrected chi connectivity index (χ3v) is 3.22. The molecule has 0 spiro atoms. The minimum Gasteiger partial charge on any atom is -0.363 e. The number of ether oxygens (including phenoxy) is 1. The third-order valence-electron chi connectivity index (χ3n) is 2.98. The number of hydrogen-bond donors (Lipinski definition) is 2. The van der Waals surface area contributed by atoms with Gasteiger partial charge in [-0.25, -0.2) is 0 Å². The van der Waals surface area contributed by atoms with Crippen molar-refractivity contribution in [2.45, 2.75) is 12.5 Å². The van der Waals surface area contributed by atoms with Crippen LogP contribution in [0.4, 0.5) is 11.4 Å². The van der Waals surface area contributed by atoms with Crippen molar-refractivity contribution in [3.05, 3.63) is 33.3 Å². The molecule has 108 valence electrons. The van der Waals surface area contributed by atoms with Gasteiger partial charge >= 0.3 is 0 Å². The highest BCUT2D eigenvalue weighted by Crippen LogP contribution is 2.27. The quantitative estimate of drug-likeness (QED) is 0.636. The molecule has 1 saturated heterocycles. The standard InChI is InChI=1S/C12H14ClN3O4/c1-12(6-14-7-12)20-5-11(17)15-9-3-2-8(13)4-10(9)16(18)19/h2-4,14H,5-7H2,1H3,(H,15,17). The molecule has 7 nitrogen and oxygen atoms in total. The number of nitro groups is 1. The zero-order valence-electron chi connectivity index (χ0n) is 10.8. The first-order valence-corrected chi connectivity index (χ1v) is 6.36. The van der Waals surface area contributed by atoms with E-state index >= 15 is 0 Å². The van der Waals surface area contributed by atoms with E-state index in [1.165, 1.54) is 18.2 Å². The maximum atomic E-state index is 11.7. The van der Waals surface area contributed by atoms with Crippen LogP contribution in [0.2, 0.25) is 5.02 Å². The first-order valence-electron chi connectivity index (χ1n) is 5.98. The zero-order valence-corrected chi connectivity index (χ0v) is 11.6. The van der Waals surface area contributed by atoms with Crippen molar-refractivity contribution in [2.75, 3.05) is 25.0 Å². The van der Waals surface area contributed by atoms with Crippen LogP contribution in [-0.2, 0) is 9.53 Å². The van der Waals surface area contributed by atoms with Gasteiger partial charge in [-0.2, -0.15) is 0 Å². The summed E-state index contributed by atoms with van der Waals surface area (Å²) in [5, 5.41) is 16.6. The lowest BCUT2D eigenvalue weighted by Crippen LogP contribution is -2.59. The summed E-state index contributed by atoms with van der Waals surface area (Å²) in [7, 11) is 0. The second-order valence-corrected chi connectivity index (χ2v) is 5.25. The van der Waals surface area contributed by atoms with Crippen molar-refractivity contribution in [2.24, 2.45) is 0 Å². The van der Waals surface area contributed by atoms with E-state index in [1.807, 2.05) is 6.92 Å². The number of anilines is 1. The molecule has 20 heavy (non-hydrogen) atoms. The van der Waals surface area contributed by atoms with E-state index in [1.54, 1.807) is 0 Å². The van der Waals surface area contributed by atoms with Crippen LogP contribution >= 0.6 is 11.6 Å². The second kappa shape index (κ2) is 5.74. The van der Waals surface area contributed by atoms with Crippen LogP contribution in [0.3, 0.4) is 0 Å². The lowest BCUT2D eigenvalue weighted by Gasteiger charge is -2.38. The van der Waals surface area contributed by atoms with E-state index < -0.39 is 10.8 Å². The lowest BCUT2D eigenvalue weighted by molar-refractivity contribution is -0.383. The number of nitrogens with one attached hydrogen (secondary N) is 2. The number of amides is 1. The van der Waals surface area contributed by atoms with Crippen LogP contribution in [0.15, 0.2) is 18.2 Å². The summed E-state index contributed by atoms with van der Waals surface area (Å²) >= 11 is 5.70. The Kier molecular flexibility index (Phi) is 4.22. The predicted octanol–water partition coefficient (Wildman–Crippen LogP) is 1.57. The summed E-state index contributed by atoms with van der Waals surface area (Å²) in [4.78, 5) is 22.0. The third kappa shape index (κ3) is 3.44. The Labute approximate surface area is 120 Å². The summed E-state index contributed by atoms with van der Waals surface area (Å²) in [6.45, 7) is 3.10. The normalized spacial score (nSPS) is 16.3. The topological polar surface area (TPSA) is 93.5 Å². The molecule has 0 bridgehead atoms. The monoisotopic (exact) mass is 299 g/mol. The van der Waals surface area contributed by atoms with Crippen LogP contribution in [0.25, 0.3) is 0 Å². The van der Waals surface area contributed by atoms with E-state index in [0.29, 0.717) is 13.1 Å². The van der Waals surface area contributed by atoms with Gasteiger partial charge in [0.25, 0.3) is 11.6 Å². The molecule has 0 aromatic heterocycles. The lowest BCUT2D eigenvalue weighted by atomic mass is 10.0. The van der Waals surface area contributed by atoms with Gasteiger partial charge in [0.2, 0.25) is 0 Å². The molecule has 1 heterocycles. The summed E-state index contributed by atoms with van der Waals surface area (Å²) in [6.07, 6.45) is 0. The number of halogens is 1. The van der Waals surface area contributed by atoms with E-state index in [9.17, 15) is 14.9 Å². The molecule has 0 unspecified atom stereocenters. The highest BCUT2D eigenvalue weighted by atomic mass is 35.5. The van der Waals surface area contributed by atoms with Crippen molar-refractivity contribution in [3.63, 3.8) is 0 Å². The molecule has 1 aliphatic heterocycles. The van der Waals surface area contributed by atoms with Gasteiger partial charge in [0.15, 0.2) is 0 Å². The van der Waals surface area contributed by atoms with Crippen molar-refractivity contribution in [1.29, 1.82) is 0 Å². The minimum atomic E-state index is -0.598. The summed E-state index contributed by atoms with van der Waals surface area (Å²) in [5.74, 6) is -0.441. The Morgan fingerprint density at radius 1 is 1.60 bits per heavy atom. The Morgan fingerprint density at radius 3 is 2.85 bits per heavy atom.